The first-order valence-corrected chi connectivity index (χ1v) is 4.85. The molecule has 5 nitrogen and oxygen atoms in total. The third-order valence-electron chi connectivity index (χ3n) is 2.18. The molecule has 5 heteroatoms. The van der Waals surface area contributed by atoms with Gasteiger partial charge in [0, 0.05) is 5.56 Å². The Labute approximate surface area is 93.8 Å². The molecule has 0 N–H and O–H groups in total. The molecule has 0 aliphatic rings. The summed E-state index contributed by atoms with van der Waals surface area (Å²) >= 11 is 0. The number of rotatable bonds is 4. The SMILES string of the molecule is Cc1cccc(C(=O)CN(C)C)c1[N+](=O)[O-]. The Kier molecular flexibility index (Phi) is 3.73. The second kappa shape index (κ2) is 4.85. The number of carbonyl (C=O) groups is 1. The van der Waals surface area contributed by atoms with Crippen LogP contribution in [0.25, 0.3) is 0 Å². The van der Waals surface area contributed by atoms with Crippen LogP contribution in [0.15, 0.2) is 18.2 Å². The van der Waals surface area contributed by atoms with Crippen molar-refractivity contribution >= 4 is 11.5 Å². The van der Waals surface area contributed by atoms with Crippen molar-refractivity contribution in [1.29, 1.82) is 0 Å². The van der Waals surface area contributed by atoms with Gasteiger partial charge in [0.2, 0.25) is 0 Å². The van der Waals surface area contributed by atoms with Crippen LogP contribution in [0.5, 0.6) is 0 Å². The van der Waals surface area contributed by atoms with E-state index in [0.717, 1.165) is 0 Å². The molecule has 0 amide bonds. The Morgan fingerprint density at radius 1 is 1.44 bits per heavy atom. The van der Waals surface area contributed by atoms with Crippen LogP contribution in [0.4, 0.5) is 5.69 Å². The molecule has 16 heavy (non-hydrogen) atoms. The van der Waals surface area contributed by atoms with Crippen LogP contribution in [0.1, 0.15) is 15.9 Å². The van der Waals surface area contributed by atoms with Gasteiger partial charge in [0.1, 0.15) is 0 Å². The van der Waals surface area contributed by atoms with E-state index in [9.17, 15) is 14.9 Å². The number of nitro benzene ring substituents is 1. The van der Waals surface area contributed by atoms with Gasteiger partial charge in [0.25, 0.3) is 5.69 Å². The topological polar surface area (TPSA) is 63.5 Å². The molecule has 0 bridgehead atoms. The predicted octanol–water partition coefficient (Wildman–Crippen LogP) is 1.65. The van der Waals surface area contributed by atoms with Crippen LogP contribution in [0.2, 0.25) is 0 Å². The number of likely N-dealkylation sites (N-methyl/N-ethyl adjacent to an activating group) is 1. The smallest absolute Gasteiger partial charge is 0.283 e. The van der Waals surface area contributed by atoms with E-state index in [-0.39, 0.29) is 23.6 Å². The summed E-state index contributed by atoms with van der Waals surface area (Å²) in [5.41, 5.74) is 0.600. The lowest BCUT2D eigenvalue weighted by atomic mass is 10.0. The fourth-order valence-electron chi connectivity index (χ4n) is 1.50. The molecular weight excluding hydrogens is 208 g/mol. The number of carbonyl (C=O) groups excluding carboxylic acids is 1. The normalized spacial score (nSPS) is 10.5. The first kappa shape index (κ1) is 12.3. The Bertz CT molecular complexity index is 427. The Hall–Kier alpha value is -1.75. The van der Waals surface area contributed by atoms with Gasteiger partial charge < -0.3 is 4.90 Å². The summed E-state index contributed by atoms with van der Waals surface area (Å²) in [4.78, 5) is 23.8. The summed E-state index contributed by atoms with van der Waals surface area (Å²) < 4.78 is 0. The fourth-order valence-corrected chi connectivity index (χ4v) is 1.50. The van der Waals surface area contributed by atoms with Gasteiger partial charge in [-0.1, -0.05) is 12.1 Å². The lowest BCUT2D eigenvalue weighted by Gasteiger charge is -2.09. The van der Waals surface area contributed by atoms with E-state index in [1.807, 2.05) is 0 Å². The van der Waals surface area contributed by atoms with Crippen LogP contribution in [0.3, 0.4) is 0 Å². The fraction of sp³-hybridized carbons (Fsp3) is 0.364. The summed E-state index contributed by atoms with van der Waals surface area (Å²) in [5, 5.41) is 10.9. The van der Waals surface area contributed by atoms with Gasteiger partial charge in [0.15, 0.2) is 5.78 Å². The van der Waals surface area contributed by atoms with E-state index < -0.39 is 4.92 Å². The molecule has 0 heterocycles. The molecule has 86 valence electrons. The Morgan fingerprint density at radius 3 is 2.56 bits per heavy atom. The highest BCUT2D eigenvalue weighted by molar-refractivity contribution is 6.01. The summed E-state index contributed by atoms with van der Waals surface area (Å²) in [6.07, 6.45) is 0. The van der Waals surface area contributed by atoms with Crippen LogP contribution in [0, 0.1) is 17.0 Å². The van der Waals surface area contributed by atoms with Crippen LogP contribution in [-0.4, -0.2) is 36.2 Å². The number of benzene rings is 1. The average molecular weight is 222 g/mol. The molecule has 1 aromatic carbocycles. The van der Waals surface area contributed by atoms with Crippen molar-refractivity contribution < 1.29 is 9.72 Å². The van der Waals surface area contributed by atoms with Gasteiger partial charge >= 0.3 is 0 Å². The van der Waals surface area contributed by atoms with Crippen molar-refractivity contribution in [3.8, 4) is 0 Å². The minimum absolute atomic E-state index is 0.0886. The number of Topliss-reactive ketones (excluding diaryl/α,β-unsaturated/α-hetero) is 1. The van der Waals surface area contributed by atoms with Crippen molar-refractivity contribution in [3.05, 3.63) is 39.4 Å². The second-order valence-corrected chi connectivity index (χ2v) is 3.89. The monoisotopic (exact) mass is 222 g/mol. The minimum atomic E-state index is -0.502. The van der Waals surface area contributed by atoms with Gasteiger partial charge in [-0.05, 0) is 27.1 Å². The number of aryl methyl sites for hydroxylation is 1. The molecule has 0 radical (unpaired) electrons. The van der Waals surface area contributed by atoms with E-state index in [1.165, 1.54) is 6.07 Å². The first-order chi connectivity index (χ1) is 7.43. The number of para-hydroxylation sites is 1. The van der Waals surface area contributed by atoms with Gasteiger partial charge in [-0.2, -0.15) is 0 Å². The Balaban J connectivity index is 3.18. The second-order valence-electron chi connectivity index (χ2n) is 3.89. The van der Waals surface area contributed by atoms with Crippen molar-refractivity contribution in [2.24, 2.45) is 0 Å². The zero-order valence-corrected chi connectivity index (χ0v) is 9.56. The minimum Gasteiger partial charge on any atom is -0.302 e. The van der Waals surface area contributed by atoms with E-state index in [1.54, 1.807) is 38.1 Å². The highest BCUT2D eigenvalue weighted by Crippen LogP contribution is 2.23. The van der Waals surface area contributed by atoms with Crippen molar-refractivity contribution in [2.75, 3.05) is 20.6 Å². The third-order valence-corrected chi connectivity index (χ3v) is 2.18. The molecular formula is C11H14N2O3. The molecule has 0 unspecified atom stereocenters. The quantitative estimate of drug-likeness (QED) is 0.441. The van der Waals surface area contributed by atoms with Crippen LogP contribution < -0.4 is 0 Å². The van der Waals surface area contributed by atoms with Crippen molar-refractivity contribution in [1.82, 2.24) is 4.90 Å². The lowest BCUT2D eigenvalue weighted by Crippen LogP contribution is -2.22. The van der Waals surface area contributed by atoms with Gasteiger partial charge in [0.05, 0.1) is 17.0 Å². The molecule has 0 aromatic heterocycles. The summed E-state index contributed by atoms with van der Waals surface area (Å²) in [7, 11) is 3.50. The van der Waals surface area contributed by atoms with E-state index in [2.05, 4.69) is 0 Å². The van der Waals surface area contributed by atoms with Crippen LogP contribution >= 0.6 is 0 Å². The summed E-state index contributed by atoms with van der Waals surface area (Å²) in [5.74, 6) is -0.236. The summed E-state index contributed by atoms with van der Waals surface area (Å²) in [6, 6.07) is 4.78. The van der Waals surface area contributed by atoms with Gasteiger partial charge in [-0.15, -0.1) is 0 Å². The standard InChI is InChI=1S/C11H14N2O3/c1-8-5-4-6-9(11(8)13(15)16)10(14)7-12(2)3/h4-6H,7H2,1-3H3. The van der Waals surface area contributed by atoms with E-state index in [4.69, 9.17) is 0 Å². The van der Waals surface area contributed by atoms with Gasteiger partial charge in [-0.3, -0.25) is 14.9 Å². The molecule has 0 aliphatic carbocycles. The molecule has 1 aromatic rings. The van der Waals surface area contributed by atoms with Gasteiger partial charge in [-0.25, -0.2) is 0 Å². The molecule has 0 fully saturated rings. The number of nitrogens with zero attached hydrogens (tertiary/aromatic N) is 2. The number of ketones is 1. The Morgan fingerprint density at radius 2 is 2.06 bits per heavy atom. The number of hydrogen-bond donors (Lipinski definition) is 0. The summed E-state index contributed by atoms with van der Waals surface area (Å²) in [6.45, 7) is 1.80. The highest BCUT2D eigenvalue weighted by atomic mass is 16.6. The molecule has 1 rings (SSSR count). The average Bonchev–Trinajstić information content (AvgIpc) is 2.15. The molecule has 0 saturated heterocycles. The third kappa shape index (κ3) is 2.64. The first-order valence-electron chi connectivity index (χ1n) is 4.85. The highest BCUT2D eigenvalue weighted by Gasteiger charge is 2.22. The molecule has 0 atom stereocenters. The van der Waals surface area contributed by atoms with E-state index >= 15 is 0 Å². The molecule has 0 aliphatic heterocycles. The maximum absolute atomic E-state index is 11.8. The zero-order chi connectivity index (χ0) is 12.3. The molecule has 0 spiro atoms. The van der Waals surface area contributed by atoms with Crippen LogP contribution in [-0.2, 0) is 0 Å². The number of nitro groups is 1. The van der Waals surface area contributed by atoms with Crippen molar-refractivity contribution in [2.45, 2.75) is 6.92 Å². The maximum Gasteiger partial charge on any atom is 0.283 e. The maximum atomic E-state index is 11.8. The number of hydrogen-bond acceptors (Lipinski definition) is 4. The van der Waals surface area contributed by atoms with Crippen molar-refractivity contribution in [3.63, 3.8) is 0 Å². The predicted molar refractivity (Wildman–Crippen MR) is 60.7 cm³/mol. The molecule has 0 saturated carbocycles. The lowest BCUT2D eigenvalue weighted by molar-refractivity contribution is -0.385. The van der Waals surface area contributed by atoms with E-state index in [0.29, 0.717) is 5.56 Å². The zero-order valence-electron chi connectivity index (χ0n) is 9.56. The largest absolute Gasteiger partial charge is 0.302 e.